The number of hydrogen-bond acceptors (Lipinski definition) is 5. The molecule has 2 heterocycles. The Morgan fingerprint density at radius 2 is 1.85 bits per heavy atom. The Morgan fingerprint density at radius 3 is 2.59 bits per heavy atom. The summed E-state index contributed by atoms with van der Waals surface area (Å²) in [5, 5.41) is 9.09. The van der Waals surface area contributed by atoms with Crippen LogP contribution in [0.4, 0.5) is 10.8 Å². The molecular formula is C20H15N3O2S2. The van der Waals surface area contributed by atoms with Gasteiger partial charge < -0.3 is 5.32 Å². The smallest absolute Gasteiger partial charge is 0.265 e. The van der Waals surface area contributed by atoms with Gasteiger partial charge in [-0.05, 0) is 48.2 Å². The maximum atomic E-state index is 12.6. The van der Waals surface area contributed by atoms with Gasteiger partial charge in [-0.2, -0.15) is 0 Å². The van der Waals surface area contributed by atoms with Gasteiger partial charge in [0, 0.05) is 27.5 Å². The number of rotatable bonds is 4. The standard InChI is InChI=1S/C20H15N3O2S2/c1-12-10-14(18(24)23-20-21-8-9-26-20)6-7-15(12)22-19(25)17-11-13-4-2-3-5-16(13)27-17/h2-11H,1H3,(H,22,25)(H,21,23,24). The van der Waals surface area contributed by atoms with Crippen molar-refractivity contribution in [1.82, 2.24) is 4.98 Å². The van der Waals surface area contributed by atoms with Crippen molar-refractivity contribution in [3.05, 3.63) is 76.1 Å². The van der Waals surface area contributed by atoms with E-state index in [1.807, 2.05) is 37.3 Å². The monoisotopic (exact) mass is 393 g/mol. The van der Waals surface area contributed by atoms with Gasteiger partial charge in [-0.1, -0.05) is 18.2 Å². The van der Waals surface area contributed by atoms with Crippen LogP contribution in [0.5, 0.6) is 0 Å². The highest BCUT2D eigenvalue weighted by Crippen LogP contribution is 2.26. The molecule has 0 radical (unpaired) electrons. The number of aromatic nitrogens is 1. The molecule has 0 unspecified atom stereocenters. The van der Waals surface area contributed by atoms with Crippen LogP contribution in [0.2, 0.25) is 0 Å². The number of carbonyl (C=O) groups is 2. The second-order valence-electron chi connectivity index (χ2n) is 5.92. The van der Waals surface area contributed by atoms with Gasteiger partial charge in [0.1, 0.15) is 0 Å². The van der Waals surface area contributed by atoms with Gasteiger partial charge in [0.2, 0.25) is 0 Å². The summed E-state index contributed by atoms with van der Waals surface area (Å²) in [7, 11) is 0. The number of benzene rings is 2. The first-order valence-corrected chi connectivity index (χ1v) is 9.91. The lowest BCUT2D eigenvalue weighted by atomic mass is 10.1. The number of aryl methyl sites for hydroxylation is 1. The summed E-state index contributed by atoms with van der Waals surface area (Å²) in [6.45, 7) is 1.86. The number of anilines is 2. The van der Waals surface area contributed by atoms with Gasteiger partial charge in [-0.15, -0.1) is 22.7 Å². The fourth-order valence-corrected chi connectivity index (χ4v) is 4.16. The van der Waals surface area contributed by atoms with Crippen molar-refractivity contribution < 1.29 is 9.59 Å². The van der Waals surface area contributed by atoms with Crippen molar-refractivity contribution in [2.75, 3.05) is 10.6 Å². The maximum Gasteiger partial charge on any atom is 0.265 e. The molecule has 134 valence electrons. The van der Waals surface area contributed by atoms with Gasteiger partial charge in [-0.3, -0.25) is 14.9 Å². The summed E-state index contributed by atoms with van der Waals surface area (Å²) in [6.07, 6.45) is 1.64. The third-order valence-corrected chi connectivity index (χ3v) is 5.84. The number of nitrogens with zero attached hydrogens (tertiary/aromatic N) is 1. The third-order valence-electron chi connectivity index (χ3n) is 4.04. The average Bonchev–Trinajstić information content (AvgIpc) is 3.32. The van der Waals surface area contributed by atoms with Gasteiger partial charge in [-0.25, -0.2) is 4.98 Å². The summed E-state index contributed by atoms with van der Waals surface area (Å²) in [5.74, 6) is -0.380. The third kappa shape index (κ3) is 3.74. The van der Waals surface area contributed by atoms with Crippen LogP contribution in [0.15, 0.2) is 60.1 Å². The Bertz CT molecular complexity index is 1100. The van der Waals surface area contributed by atoms with Gasteiger partial charge >= 0.3 is 0 Å². The molecule has 0 spiro atoms. The molecule has 0 saturated carbocycles. The summed E-state index contributed by atoms with van der Waals surface area (Å²) < 4.78 is 1.08. The highest BCUT2D eigenvalue weighted by atomic mass is 32.1. The molecule has 7 heteroatoms. The molecule has 2 aromatic carbocycles. The minimum atomic E-state index is -0.226. The van der Waals surface area contributed by atoms with Crippen LogP contribution in [0.3, 0.4) is 0 Å². The first kappa shape index (κ1) is 17.4. The topological polar surface area (TPSA) is 71.1 Å². The van der Waals surface area contributed by atoms with E-state index in [0.29, 0.717) is 21.3 Å². The van der Waals surface area contributed by atoms with Crippen molar-refractivity contribution in [1.29, 1.82) is 0 Å². The minimum Gasteiger partial charge on any atom is -0.321 e. The average molecular weight is 393 g/mol. The molecule has 0 aliphatic carbocycles. The summed E-state index contributed by atoms with van der Waals surface area (Å²) in [5.41, 5.74) is 2.02. The first-order valence-electron chi connectivity index (χ1n) is 8.21. The lowest BCUT2D eigenvalue weighted by molar-refractivity contribution is 0.102. The molecule has 0 aliphatic heterocycles. The summed E-state index contributed by atoms with van der Waals surface area (Å²) in [6, 6.07) is 15.0. The minimum absolute atomic E-state index is 0.153. The molecule has 0 bridgehead atoms. The van der Waals surface area contributed by atoms with Crippen molar-refractivity contribution in [3.8, 4) is 0 Å². The van der Waals surface area contributed by atoms with Crippen LogP contribution in [0.1, 0.15) is 25.6 Å². The van der Waals surface area contributed by atoms with Gasteiger partial charge in [0.25, 0.3) is 11.8 Å². The van der Waals surface area contributed by atoms with E-state index in [-0.39, 0.29) is 11.8 Å². The predicted octanol–water partition coefficient (Wildman–Crippen LogP) is 5.17. The van der Waals surface area contributed by atoms with E-state index in [2.05, 4.69) is 15.6 Å². The molecule has 4 rings (SSSR count). The zero-order valence-corrected chi connectivity index (χ0v) is 16.0. The van der Waals surface area contributed by atoms with E-state index in [0.717, 1.165) is 15.6 Å². The van der Waals surface area contributed by atoms with Crippen LogP contribution in [0, 0.1) is 6.92 Å². The number of thiazole rings is 1. The molecule has 0 aliphatic rings. The van der Waals surface area contributed by atoms with Crippen LogP contribution in [-0.2, 0) is 0 Å². The lowest BCUT2D eigenvalue weighted by Gasteiger charge is -2.09. The molecular weight excluding hydrogens is 378 g/mol. The first-order chi connectivity index (χ1) is 13.1. The van der Waals surface area contributed by atoms with Gasteiger partial charge in [0.15, 0.2) is 5.13 Å². The Hall–Kier alpha value is -3.03. The molecule has 5 nitrogen and oxygen atoms in total. The predicted molar refractivity (Wildman–Crippen MR) is 111 cm³/mol. The molecule has 2 amide bonds. The highest BCUT2D eigenvalue weighted by molar-refractivity contribution is 7.20. The van der Waals surface area contributed by atoms with Crippen LogP contribution >= 0.6 is 22.7 Å². The molecule has 2 aromatic heterocycles. The van der Waals surface area contributed by atoms with Crippen molar-refractivity contribution in [2.24, 2.45) is 0 Å². The number of hydrogen-bond donors (Lipinski definition) is 2. The van der Waals surface area contributed by atoms with E-state index in [1.54, 1.807) is 29.8 Å². The fourth-order valence-electron chi connectivity index (χ4n) is 2.68. The van der Waals surface area contributed by atoms with E-state index >= 15 is 0 Å². The van der Waals surface area contributed by atoms with Crippen molar-refractivity contribution >= 4 is 55.4 Å². The SMILES string of the molecule is Cc1cc(C(=O)Nc2nccs2)ccc1NC(=O)c1cc2ccccc2s1. The van der Waals surface area contributed by atoms with Crippen molar-refractivity contribution in [2.45, 2.75) is 6.92 Å². The van der Waals surface area contributed by atoms with Gasteiger partial charge in [0.05, 0.1) is 4.88 Å². The molecule has 2 N–H and O–H groups in total. The molecule has 4 aromatic rings. The van der Waals surface area contributed by atoms with E-state index in [4.69, 9.17) is 0 Å². The number of fused-ring (bicyclic) bond motifs is 1. The Balaban J connectivity index is 1.50. The summed E-state index contributed by atoms with van der Waals surface area (Å²) in [4.78, 5) is 29.6. The Labute approximate surface area is 163 Å². The highest BCUT2D eigenvalue weighted by Gasteiger charge is 2.13. The lowest BCUT2D eigenvalue weighted by Crippen LogP contribution is -2.14. The van der Waals surface area contributed by atoms with Crippen LogP contribution in [0.25, 0.3) is 10.1 Å². The second kappa shape index (κ2) is 7.30. The van der Waals surface area contributed by atoms with E-state index in [1.165, 1.54) is 22.7 Å². The quantitative estimate of drug-likeness (QED) is 0.502. The largest absolute Gasteiger partial charge is 0.321 e. The summed E-state index contributed by atoms with van der Waals surface area (Å²) >= 11 is 2.82. The Morgan fingerprint density at radius 1 is 1.00 bits per heavy atom. The van der Waals surface area contributed by atoms with Crippen LogP contribution < -0.4 is 10.6 Å². The zero-order chi connectivity index (χ0) is 18.8. The fraction of sp³-hybridized carbons (Fsp3) is 0.0500. The number of thiophene rings is 1. The van der Waals surface area contributed by atoms with Crippen LogP contribution in [-0.4, -0.2) is 16.8 Å². The Kier molecular flexibility index (Phi) is 4.70. The molecule has 0 saturated heterocycles. The second-order valence-corrected chi connectivity index (χ2v) is 7.90. The number of carbonyl (C=O) groups excluding carboxylic acids is 2. The normalized spacial score (nSPS) is 10.7. The van der Waals surface area contributed by atoms with E-state index < -0.39 is 0 Å². The van der Waals surface area contributed by atoms with E-state index in [9.17, 15) is 9.59 Å². The molecule has 27 heavy (non-hydrogen) atoms. The number of amides is 2. The number of nitrogens with one attached hydrogen (secondary N) is 2. The zero-order valence-electron chi connectivity index (χ0n) is 14.4. The molecule has 0 fully saturated rings. The van der Waals surface area contributed by atoms with Crippen molar-refractivity contribution in [3.63, 3.8) is 0 Å². The molecule has 0 atom stereocenters. The maximum absolute atomic E-state index is 12.6.